The fourth-order valence-electron chi connectivity index (χ4n) is 3.69. The Kier molecular flexibility index (Phi) is 6.93. The number of hydrogen-bond acceptors (Lipinski definition) is 3. The van der Waals surface area contributed by atoms with Gasteiger partial charge in [-0.3, -0.25) is 9.59 Å². The summed E-state index contributed by atoms with van der Waals surface area (Å²) in [5.74, 6) is -0.0636. The third-order valence-corrected chi connectivity index (χ3v) is 5.92. The van der Waals surface area contributed by atoms with E-state index in [1.807, 2.05) is 0 Å². The number of hydrogen-bond donors (Lipinski definition) is 1. The summed E-state index contributed by atoms with van der Waals surface area (Å²) >= 11 is 18.3. The van der Waals surface area contributed by atoms with Gasteiger partial charge in [-0.1, -0.05) is 40.9 Å². The minimum atomic E-state index is -0.590. The van der Waals surface area contributed by atoms with E-state index in [1.54, 1.807) is 47.4 Å². The monoisotopic (exact) mass is 454 g/mol. The van der Waals surface area contributed by atoms with Gasteiger partial charge in [0.05, 0.1) is 22.2 Å². The standard InChI is InChI=1S/C21H21Cl3N2O3/c22-14-5-7-15(8-6-14)29-13-21(11-18(25)27)9-2-10-26(12-21)20(28)19-16(23)3-1-4-17(19)24/h1,3-8H,2,9-13H2,(H2,25,27). The van der Waals surface area contributed by atoms with Crippen molar-refractivity contribution in [3.8, 4) is 5.75 Å². The van der Waals surface area contributed by atoms with Crippen molar-refractivity contribution in [2.45, 2.75) is 19.3 Å². The molecule has 0 bridgehead atoms. The summed E-state index contributed by atoms with van der Waals surface area (Å²) in [6.45, 7) is 1.11. The zero-order valence-electron chi connectivity index (χ0n) is 15.7. The van der Waals surface area contributed by atoms with Gasteiger partial charge in [0, 0.05) is 29.9 Å². The number of nitrogens with two attached hydrogens (primary N) is 1. The van der Waals surface area contributed by atoms with E-state index in [9.17, 15) is 9.59 Å². The van der Waals surface area contributed by atoms with E-state index in [4.69, 9.17) is 45.3 Å². The molecule has 2 amide bonds. The number of ether oxygens (including phenoxy) is 1. The maximum atomic E-state index is 13.1. The maximum absolute atomic E-state index is 13.1. The summed E-state index contributed by atoms with van der Waals surface area (Å²) in [5, 5.41) is 1.20. The fourth-order valence-corrected chi connectivity index (χ4v) is 4.38. The molecule has 2 N–H and O–H groups in total. The lowest BCUT2D eigenvalue weighted by atomic mass is 9.77. The Bertz CT molecular complexity index is 884. The number of nitrogens with zero attached hydrogens (tertiary/aromatic N) is 1. The van der Waals surface area contributed by atoms with Gasteiger partial charge in [0.2, 0.25) is 5.91 Å². The van der Waals surface area contributed by atoms with Gasteiger partial charge in [-0.05, 0) is 49.2 Å². The molecule has 1 aliphatic heterocycles. The van der Waals surface area contributed by atoms with E-state index < -0.39 is 11.3 Å². The summed E-state index contributed by atoms with van der Waals surface area (Å²) in [6, 6.07) is 11.9. The van der Waals surface area contributed by atoms with Crippen LogP contribution in [0.1, 0.15) is 29.6 Å². The van der Waals surface area contributed by atoms with Crippen LogP contribution >= 0.6 is 34.8 Å². The first-order valence-corrected chi connectivity index (χ1v) is 10.3. The molecule has 0 radical (unpaired) electrons. The molecule has 5 nitrogen and oxygen atoms in total. The summed E-state index contributed by atoms with van der Waals surface area (Å²) in [4.78, 5) is 26.6. The second-order valence-electron chi connectivity index (χ2n) is 7.31. The van der Waals surface area contributed by atoms with Crippen LogP contribution in [0.2, 0.25) is 15.1 Å². The second kappa shape index (κ2) is 9.24. The number of carbonyl (C=O) groups excluding carboxylic acids is 2. The number of halogens is 3. The summed E-state index contributed by atoms with van der Waals surface area (Å²) in [6.07, 6.45) is 1.54. The Labute approximate surface area is 184 Å². The van der Waals surface area contributed by atoms with E-state index in [1.165, 1.54) is 0 Å². The molecule has 1 saturated heterocycles. The molecular formula is C21H21Cl3N2O3. The van der Waals surface area contributed by atoms with Crippen molar-refractivity contribution < 1.29 is 14.3 Å². The van der Waals surface area contributed by atoms with Gasteiger partial charge >= 0.3 is 0 Å². The van der Waals surface area contributed by atoms with Crippen LogP contribution in [0.5, 0.6) is 5.75 Å². The van der Waals surface area contributed by atoms with Gasteiger partial charge in [-0.15, -0.1) is 0 Å². The normalized spacial score (nSPS) is 19.1. The smallest absolute Gasteiger partial charge is 0.256 e. The predicted octanol–water partition coefficient (Wildman–Crippen LogP) is 4.82. The molecule has 8 heteroatoms. The molecular weight excluding hydrogens is 435 g/mol. The van der Waals surface area contributed by atoms with Gasteiger partial charge in [-0.2, -0.15) is 0 Å². The third-order valence-electron chi connectivity index (χ3n) is 5.03. The summed E-state index contributed by atoms with van der Waals surface area (Å²) in [5.41, 5.74) is 5.20. The highest BCUT2D eigenvalue weighted by Crippen LogP contribution is 2.36. The van der Waals surface area contributed by atoms with Crippen LogP contribution in [0.15, 0.2) is 42.5 Å². The van der Waals surface area contributed by atoms with Crippen LogP contribution in [-0.4, -0.2) is 36.4 Å². The van der Waals surface area contributed by atoms with Gasteiger partial charge in [-0.25, -0.2) is 0 Å². The number of piperidine rings is 1. The minimum absolute atomic E-state index is 0.112. The molecule has 0 aromatic heterocycles. The molecule has 0 aliphatic carbocycles. The van der Waals surface area contributed by atoms with Crippen LogP contribution in [0.4, 0.5) is 0 Å². The number of benzene rings is 2. The largest absolute Gasteiger partial charge is 0.493 e. The van der Waals surface area contributed by atoms with Crippen LogP contribution in [0, 0.1) is 5.41 Å². The number of primary amides is 1. The molecule has 1 fully saturated rings. The molecule has 0 saturated carbocycles. The highest BCUT2D eigenvalue weighted by molar-refractivity contribution is 6.39. The van der Waals surface area contributed by atoms with Crippen molar-refractivity contribution in [3.05, 3.63) is 63.1 Å². The van der Waals surface area contributed by atoms with Gasteiger partial charge < -0.3 is 15.4 Å². The van der Waals surface area contributed by atoms with E-state index in [0.717, 1.165) is 0 Å². The van der Waals surface area contributed by atoms with Gasteiger partial charge in [0.1, 0.15) is 5.75 Å². The van der Waals surface area contributed by atoms with Crippen LogP contribution in [-0.2, 0) is 4.79 Å². The number of carbonyl (C=O) groups is 2. The first-order chi connectivity index (χ1) is 13.8. The average Bonchev–Trinajstić information content (AvgIpc) is 2.67. The van der Waals surface area contributed by atoms with Gasteiger partial charge in [0.15, 0.2) is 0 Å². The van der Waals surface area contributed by atoms with Crippen LogP contribution < -0.4 is 10.5 Å². The number of amides is 2. The Morgan fingerprint density at radius 2 is 1.72 bits per heavy atom. The van der Waals surface area contributed by atoms with E-state index in [-0.39, 0.29) is 24.5 Å². The number of likely N-dealkylation sites (tertiary alicyclic amines) is 1. The van der Waals surface area contributed by atoms with Crippen molar-refractivity contribution in [2.75, 3.05) is 19.7 Å². The Hall–Kier alpha value is -1.95. The number of rotatable bonds is 6. The molecule has 3 rings (SSSR count). The Balaban J connectivity index is 1.80. The quantitative estimate of drug-likeness (QED) is 0.678. The lowest BCUT2D eigenvalue weighted by molar-refractivity contribution is -0.122. The zero-order valence-corrected chi connectivity index (χ0v) is 17.9. The van der Waals surface area contributed by atoms with Crippen molar-refractivity contribution >= 4 is 46.6 Å². The van der Waals surface area contributed by atoms with Crippen LogP contribution in [0.3, 0.4) is 0 Å². The lowest BCUT2D eigenvalue weighted by Gasteiger charge is -2.42. The molecule has 1 heterocycles. The second-order valence-corrected chi connectivity index (χ2v) is 8.56. The molecule has 1 unspecified atom stereocenters. The molecule has 0 spiro atoms. The Morgan fingerprint density at radius 3 is 2.34 bits per heavy atom. The van der Waals surface area contributed by atoms with Crippen molar-refractivity contribution in [1.82, 2.24) is 4.90 Å². The third kappa shape index (κ3) is 5.35. The zero-order chi connectivity index (χ0) is 21.0. The molecule has 29 heavy (non-hydrogen) atoms. The Morgan fingerprint density at radius 1 is 1.07 bits per heavy atom. The lowest BCUT2D eigenvalue weighted by Crippen LogP contribution is -2.50. The predicted molar refractivity (Wildman–Crippen MR) is 115 cm³/mol. The summed E-state index contributed by atoms with van der Waals surface area (Å²) in [7, 11) is 0. The fraction of sp³-hybridized carbons (Fsp3) is 0.333. The van der Waals surface area contributed by atoms with Crippen molar-refractivity contribution in [2.24, 2.45) is 11.1 Å². The molecule has 154 valence electrons. The van der Waals surface area contributed by atoms with Gasteiger partial charge in [0.25, 0.3) is 5.91 Å². The highest BCUT2D eigenvalue weighted by Gasteiger charge is 2.40. The SMILES string of the molecule is NC(=O)CC1(COc2ccc(Cl)cc2)CCCN(C(=O)c2c(Cl)cccc2Cl)C1. The van der Waals surface area contributed by atoms with Crippen molar-refractivity contribution in [1.29, 1.82) is 0 Å². The van der Waals surface area contributed by atoms with Crippen LogP contribution in [0.25, 0.3) is 0 Å². The van der Waals surface area contributed by atoms with E-state index >= 15 is 0 Å². The molecule has 1 aliphatic rings. The average molecular weight is 456 g/mol. The highest BCUT2D eigenvalue weighted by atomic mass is 35.5. The maximum Gasteiger partial charge on any atom is 0.256 e. The molecule has 2 aromatic rings. The van der Waals surface area contributed by atoms with E-state index in [2.05, 4.69) is 0 Å². The molecule has 2 aromatic carbocycles. The minimum Gasteiger partial charge on any atom is -0.493 e. The first kappa shape index (κ1) is 21.8. The first-order valence-electron chi connectivity index (χ1n) is 9.20. The van der Waals surface area contributed by atoms with E-state index in [0.29, 0.717) is 46.7 Å². The summed E-state index contributed by atoms with van der Waals surface area (Å²) < 4.78 is 5.93. The molecule has 1 atom stereocenters. The topological polar surface area (TPSA) is 72.6 Å². The van der Waals surface area contributed by atoms with Crippen molar-refractivity contribution in [3.63, 3.8) is 0 Å².